The molecule has 0 aliphatic carbocycles. The summed E-state index contributed by atoms with van der Waals surface area (Å²) in [6.07, 6.45) is 1.52. The largest absolute Gasteiger partial charge is 0.381 e. The van der Waals surface area contributed by atoms with Crippen molar-refractivity contribution in [1.82, 2.24) is 15.0 Å². The van der Waals surface area contributed by atoms with E-state index in [1.54, 1.807) is 11.8 Å². The van der Waals surface area contributed by atoms with Gasteiger partial charge in [0.15, 0.2) is 5.82 Å². The van der Waals surface area contributed by atoms with Gasteiger partial charge in [-0.15, -0.1) is 0 Å². The van der Waals surface area contributed by atoms with Gasteiger partial charge in [-0.25, -0.2) is 13.6 Å². The third-order valence-corrected chi connectivity index (χ3v) is 5.44. The first-order valence-corrected chi connectivity index (χ1v) is 8.86. The van der Waals surface area contributed by atoms with E-state index in [1.807, 2.05) is 0 Å². The van der Waals surface area contributed by atoms with Crippen molar-refractivity contribution < 1.29 is 22.8 Å². The standard InChI is InChI=1S/C18H20F2N4O3/c1-11-21-16(27-23-11)13-9-24(10-18(13)4-6-26-7-5-18)17(25)22-15-8-12(19)2-3-14(15)20/h2-3,8,13H,4-7,9-10H2,1H3,(H,22,25)/t13-/m1/s1. The fourth-order valence-electron chi connectivity index (χ4n) is 3.99. The van der Waals surface area contributed by atoms with E-state index in [1.165, 1.54) is 0 Å². The number of hydrogen-bond acceptors (Lipinski definition) is 5. The van der Waals surface area contributed by atoms with Gasteiger partial charge in [-0.3, -0.25) is 0 Å². The van der Waals surface area contributed by atoms with Crippen molar-refractivity contribution in [2.45, 2.75) is 25.7 Å². The number of likely N-dealkylation sites (tertiary alicyclic amines) is 1. The van der Waals surface area contributed by atoms with Crippen molar-refractivity contribution in [3.63, 3.8) is 0 Å². The highest BCUT2D eigenvalue weighted by Gasteiger charge is 2.51. The SMILES string of the molecule is Cc1noc([C@H]2CN(C(=O)Nc3cc(F)ccc3F)CC23CCOCC3)n1. The minimum Gasteiger partial charge on any atom is -0.381 e. The first kappa shape index (κ1) is 17.8. The number of amides is 2. The lowest BCUT2D eigenvalue weighted by atomic mass is 9.72. The average molecular weight is 378 g/mol. The summed E-state index contributed by atoms with van der Waals surface area (Å²) in [5.41, 5.74) is -0.409. The molecule has 9 heteroatoms. The van der Waals surface area contributed by atoms with Crippen LogP contribution >= 0.6 is 0 Å². The number of halogens is 2. The predicted molar refractivity (Wildman–Crippen MR) is 91.2 cm³/mol. The average Bonchev–Trinajstić information content (AvgIpc) is 3.23. The number of urea groups is 1. The first-order valence-electron chi connectivity index (χ1n) is 8.86. The molecule has 0 bridgehead atoms. The second-order valence-electron chi connectivity index (χ2n) is 7.14. The quantitative estimate of drug-likeness (QED) is 0.869. The number of aromatic nitrogens is 2. The highest BCUT2D eigenvalue weighted by atomic mass is 19.1. The van der Waals surface area contributed by atoms with Gasteiger partial charge in [0, 0.05) is 37.8 Å². The maximum Gasteiger partial charge on any atom is 0.321 e. The zero-order valence-corrected chi connectivity index (χ0v) is 14.9. The van der Waals surface area contributed by atoms with Crippen LogP contribution < -0.4 is 5.32 Å². The number of carbonyl (C=O) groups excluding carboxylic acids is 1. The molecule has 27 heavy (non-hydrogen) atoms. The molecule has 7 nitrogen and oxygen atoms in total. The molecule has 2 aromatic rings. The minimum atomic E-state index is -0.686. The molecule has 2 fully saturated rings. The van der Waals surface area contributed by atoms with E-state index in [0.29, 0.717) is 38.0 Å². The molecule has 4 rings (SSSR count). The number of anilines is 1. The second kappa shape index (κ2) is 6.88. The van der Waals surface area contributed by atoms with Crippen LogP contribution in [0.4, 0.5) is 19.3 Å². The number of aryl methyl sites for hydroxylation is 1. The Morgan fingerprint density at radius 1 is 1.33 bits per heavy atom. The topological polar surface area (TPSA) is 80.5 Å². The first-order chi connectivity index (χ1) is 13.0. The highest BCUT2D eigenvalue weighted by molar-refractivity contribution is 5.89. The summed E-state index contributed by atoms with van der Waals surface area (Å²) in [7, 11) is 0. The van der Waals surface area contributed by atoms with Crippen LogP contribution in [0, 0.1) is 24.0 Å². The Balaban J connectivity index is 1.57. The molecule has 0 radical (unpaired) electrons. The Kier molecular flexibility index (Phi) is 4.55. The molecular formula is C18H20F2N4O3. The van der Waals surface area contributed by atoms with Gasteiger partial charge in [0.25, 0.3) is 0 Å². The molecule has 0 saturated carbocycles. The molecule has 144 valence electrons. The fourth-order valence-corrected chi connectivity index (χ4v) is 3.99. The summed E-state index contributed by atoms with van der Waals surface area (Å²) in [6, 6.07) is 2.47. The maximum atomic E-state index is 13.9. The van der Waals surface area contributed by atoms with Crippen LogP contribution in [0.2, 0.25) is 0 Å². The second-order valence-corrected chi connectivity index (χ2v) is 7.14. The summed E-state index contributed by atoms with van der Waals surface area (Å²) in [5.74, 6) is -0.383. The van der Waals surface area contributed by atoms with Crippen molar-refractivity contribution >= 4 is 11.7 Å². The van der Waals surface area contributed by atoms with E-state index >= 15 is 0 Å². The number of benzene rings is 1. The fraction of sp³-hybridized carbons (Fsp3) is 0.500. The maximum absolute atomic E-state index is 13.9. The molecule has 1 spiro atoms. The zero-order valence-electron chi connectivity index (χ0n) is 14.9. The van der Waals surface area contributed by atoms with E-state index in [9.17, 15) is 13.6 Å². The molecule has 2 amide bonds. The van der Waals surface area contributed by atoms with Crippen LogP contribution in [-0.2, 0) is 4.74 Å². The predicted octanol–water partition coefficient (Wildman–Crippen LogP) is 3.08. The molecular weight excluding hydrogens is 358 g/mol. The van der Waals surface area contributed by atoms with E-state index < -0.39 is 17.7 Å². The number of hydrogen-bond donors (Lipinski definition) is 1. The summed E-state index contributed by atoms with van der Waals surface area (Å²) in [6.45, 7) is 3.76. The molecule has 2 saturated heterocycles. The normalized spacial score (nSPS) is 21.6. The molecule has 0 unspecified atom stereocenters. The van der Waals surface area contributed by atoms with Gasteiger partial charge in [-0.2, -0.15) is 4.98 Å². The van der Waals surface area contributed by atoms with Crippen LogP contribution in [0.25, 0.3) is 0 Å². The van der Waals surface area contributed by atoms with Gasteiger partial charge in [0.1, 0.15) is 11.6 Å². The van der Waals surface area contributed by atoms with Crippen molar-refractivity contribution in [2.75, 3.05) is 31.6 Å². The van der Waals surface area contributed by atoms with Gasteiger partial charge in [0.05, 0.1) is 11.6 Å². The monoisotopic (exact) mass is 378 g/mol. The van der Waals surface area contributed by atoms with Crippen LogP contribution in [0.5, 0.6) is 0 Å². The van der Waals surface area contributed by atoms with Crippen LogP contribution in [0.3, 0.4) is 0 Å². The highest BCUT2D eigenvalue weighted by Crippen LogP contribution is 2.49. The minimum absolute atomic E-state index is 0.120. The molecule has 1 N–H and O–H groups in total. The van der Waals surface area contributed by atoms with Gasteiger partial charge in [-0.1, -0.05) is 5.16 Å². The molecule has 1 atom stereocenters. The molecule has 2 aliphatic heterocycles. The van der Waals surface area contributed by atoms with Crippen molar-refractivity contribution in [3.05, 3.63) is 41.5 Å². The molecule has 1 aromatic carbocycles. The number of carbonyl (C=O) groups is 1. The lowest BCUT2D eigenvalue weighted by molar-refractivity contribution is 0.00959. The summed E-state index contributed by atoms with van der Waals surface area (Å²) >= 11 is 0. The van der Waals surface area contributed by atoms with Crippen LogP contribution in [-0.4, -0.2) is 47.4 Å². The van der Waals surface area contributed by atoms with Crippen molar-refractivity contribution in [2.24, 2.45) is 5.41 Å². The van der Waals surface area contributed by atoms with E-state index in [4.69, 9.17) is 9.26 Å². The van der Waals surface area contributed by atoms with Gasteiger partial charge in [-0.05, 0) is 31.9 Å². The Morgan fingerprint density at radius 2 is 2.11 bits per heavy atom. The third-order valence-electron chi connectivity index (χ3n) is 5.44. The van der Waals surface area contributed by atoms with Gasteiger partial charge < -0.3 is 19.5 Å². The van der Waals surface area contributed by atoms with Gasteiger partial charge in [0.2, 0.25) is 5.89 Å². The zero-order chi connectivity index (χ0) is 19.0. The van der Waals surface area contributed by atoms with E-state index in [0.717, 1.165) is 31.0 Å². The summed E-state index contributed by atoms with van der Waals surface area (Å²) < 4.78 is 38.1. The van der Waals surface area contributed by atoms with Crippen LogP contribution in [0.15, 0.2) is 22.7 Å². The third kappa shape index (κ3) is 3.39. The van der Waals surface area contributed by atoms with Gasteiger partial charge >= 0.3 is 6.03 Å². The smallest absolute Gasteiger partial charge is 0.321 e. The van der Waals surface area contributed by atoms with Crippen molar-refractivity contribution in [3.8, 4) is 0 Å². The number of ether oxygens (including phenoxy) is 1. The Hall–Kier alpha value is -2.55. The Morgan fingerprint density at radius 3 is 2.81 bits per heavy atom. The van der Waals surface area contributed by atoms with Crippen molar-refractivity contribution in [1.29, 1.82) is 0 Å². The number of rotatable bonds is 2. The number of nitrogens with one attached hydrogen (secondary N) is 1. The summed E-state index contributed by atoms with van der Waals surface area (Å²) in [5, 5.41) is 6.34. The molecule has 3 heterocycles. The number of nitrogens with zero attached hydrogens (tertiary/aromatic N) is 3. The Bertz CT molecular complexity index is 851. The lowest BCUT2D eigenvalue weighted by Crippen LogP contribution is -2.38. The van der Waals surface area contributed by atoms with E-state index in [-0.39, 0.29) is 17.0 Å². The summed E-state index contributed by atoms with van der Waals surface area (Å²) in [4.78, 5) is 18.7. The van der Waals surface area contributed by atoms with Crippen LogP contribution in [0.1, 0.15) is 30.5 Å². The van der Waals surface area contributed by atoms with E-state index in [2.05, 4.69) is 15.5 Å². The molecule has 1 aromatic heterocycles. The molecule has 2 aliphatic rings. The Labute approximate surface area is 154 Å². The lowest BCUT2D eigenvalue weighted by Gasteiger charge is -2.36.